The Labute approximate surface area is 149 Å². The summed E-state index contributed by atoms with van der Waals surface area (Å²) in [7, 11) is 1.88. The third-order valence-electron chi connectivity index (χ3n) is 6.31. The molecular formula is C19H39N5. The molecule has 0 radical (unpaired) electrons. The van der Waals surface area contributed by atoms with E-state index in [1.807, 2.05) is 7.05 Å². The molecule has 0 aromatic heterocycles. The van der Waals surface area contributed by atoms with E-state index >= 15 is 0 Å². The summed E-state index contributed by atoms with van der Waals surface area (Å²) in [4.78, 5) is 9.55. The van der Waals surface area contributed by atoms with E-state index in [2.05, 4.69) is 46.2 Å². The average molecular weight is 338 g/mol. The third kappa shape index (κ3) is 5.35. The highest BCUT2D eigenvalue weighted by Gasteiger charge is 2.32. The van der Waals surface area contributed by atoms with Crippen LogP contribution in [0.25, 0.3) is 0 Å². The van der Waals surface area contributed by atoms with Crippen molar-refractivity contribution in [2.45, 2.75) is 58.9 Å². The summed E-state index contributed by atoms with van der Waals surface area (Å²) in [5, 5.41) is 7.13. The Hall–Kier alpha value is -0.810. The van der Waals surface area contributed by atoms with Gasteiger partial charge in [-0.2, -0.15) is 0 Å². The summed E-state index contributed by atoms with van der Waals surface area (Å²) in [5.74, 6) is 0.966. The Kier molecular flexibility index (Phi) is 7.82. The molecule has 2 rings (SSSR count). The molecule has 1 unspecified atom stereocenters. The fraction of sp³-hybridized carbons (Fsp3) is 0.947. The molecule has 0 spiro atoms. The lowest BCUT2D eigenvalue weighted by Crippen LogP contribution is -2.53. The van der Waals surface area contributed by atoms with Gasteiger partial charge in [0.25, 0.3) is 0 Å². The minimum Gasteiger partial charge on any atom is -0.356 e. The van der Waals surface area contributed by atoms with Crippen LogP contribution in [-0.2, 0) is 0 Å². The number of hydrogen-bond acceptors (Lipinski definition) is 3. The van der Waals surface area contributed by atoms with Crippen LogP contribution in [0, 0.1) is 5.41 Å². The van der Waals surface area contributed by atoms with Crippen LogP contribution in [0.2, 0.25) is 0 Å². The van der Waals surface area contributed by atoms with Gasteiger partial charge in [0.15, 0.2) is 5.96 Å². The number of nitrogens with zero attached hydrogens (tertiary/aromatic N) is 3. The molecule has 1 aliphatic heterocycles. The summed E-state index contributed by atoms with van der Waals surface area (Å²) >= 11 is 0. The van der Waals surface area contributed by atoms with E-state index in [-0.39, 0.29) is 0 Å². The quantitative estimate of drug-likeness (QED) is 0.552. The summed E-state index contributed by atoms with van der Waals surface area (Å²) < 4.78 is 0. The predicted molar refractivity (Wildman–Crippen MR) is 104 cm³/mol. The van der Waals surface area contributed by atoms with Crippen molar-refractivity contribution >= 4 is 5.96 Å². The molecule has 1 atom stereocenters. The molecule has 1 saturated heterocycles. The molecule has 0 aromatic carbocycles. The first kappa shape index (κ1) is 19.5. The summed E-state index contributed by atoms with van der Waals surface area (Å²) in [5.41, 5.74) is 0.500. The van der Waals surface area contributed by atoms with Gasteiger partial charge >= 0.3 is 0 Å². The zero-order chi connectivity index (χ0) is 17.4. The van der Waals surface area contributed by atoms with E-state index in [0.717, 1.165) is 19.0 Å². The molecule has 24 heavy (non-hydrogen) atoms. The number of nitrogens with one attached hydrogen (secondary N) is 2. The molecule has 2 aliphatic rings. The average Bonchev–Trinajstić information content (AvgIpc) is 3.11. The Morgan fingerprint density at radius 2 is 1.75 bits per heavy atom. The smallest absolute Gasteiger partial charge is 0.191 e. The Morgan fingerprint density at radius 1 is 1.08 bits per heavy atom. The van der Waals surface area contributed by atoms with Crippen molar-refractivity contribution in [1.82, 2.24) is 20.4 Å². The lowest BCUT2D eigenvalue weighted by Gasteiger charge is -2.38. The van der Waals surface area contributed by atoms with Gasteiger partial charge in [0.05, 0.1) is 0 Å². The van der Waals surface area contributed by atoms with Crippen LogP contribution in [0.15, 0.2) is 4.99 Å². The maximum atomic E-state index is 4.42. The van der Waals surface area contributed by atoms with Crippen molar-refractivity contribution in [2.24, 2.45) is 10.4 Å². The Morgan fingerprint density at radius 3 is 2.29 bits per heavy atom. The number of rotatable bonds is 7. The zero-order valence-corrected chi connectivity index (χ0v) is 16.4. The van der Waals surface area contributed by atoms with Crippen LogP contribution < -0.4 is 10.6 Å². The largest absolute Gasteiger partial charge is 0.356 e. The second-order valence-corrected chi connectivity index (χ2v) is 7.69. The minimum absolute atomic E-state index is 0.500. The van der Waals surface area contributed by atoms with Gasteiger partial charge in [-0.3, -0.25) is 9.89 Å². The van der Waals surface area contributed by atoms with Crippen LogP contribution in [0.5, 0.6) is 0 Å². The van der Waals surface area contributed by atoms with Gasteiger partial charge in [0.1, 0.15) is 0 Å². The van der Waals surface area contributed by atoms with Gasteiger partial charge in [-0.1, -0.05) is 26.7 Å². The molecule has 2 N–H and O–H groups in total. The van der Waals surface area contributed by atoms with Crippen molar-refractivity contribution < 1.29 is 0 Å². The van der Waals surface area contributed by atoms with Gasteiger partial charge in [0.2, 0.25) is 0 Å². The molecule has 1 saturated carbocycles. The summed E-state index contributed by atoms with van der Waals surface area (Å²) in [6.45, 7) is 14.9. The van der Waals surface area contributed by atoms with Crippen LogP contribution in [0.3, 0.4) is 0 Å². The summed E-state index contributed by atoms with van der Waals surface area (Å²) in [6.07, 6.45) is 6.79. The van der Waals surface area contributed by atoms with Gasteiger partial charge < -0.3 is 15.5 Å². The highest BCUT2D eigenvalue weighted by Crippen LogP contribution is 2.40. The maximum Gasteiger partial charge on any atom is 0.191 e. The molecule has 140 valence electrons. The first-order valence-corrected chi connectivity index (χ1v) is 10.0. The monoisotopic (exact) mass is 337 g/mol. The van der Waals surface area contributed by atoms with Crippen LogP contribution in [0.4, 0.5) is 0 Å². The molecule has 2 fully saturated rings. The number of guanidine groups is 1. The van der Waals surface area contributed by atoms with Crippen LogP contribution >= 0.6 is 0 Å². The minimum atomic E-state index is 0.500. The third-order valence-corrected chi connectivity index (χ3v) is 6.31. The van der Waals surface area contributed by atoms with Crippen LogP contribution in [-0.4, -0.2) is 74.7 Å². The second kappa shape index (κ2) is 9.62. The van der Waals surface area contributed by atoms with Crippen molar-refractivity contribution in [3.05, 3.63) is 0 Å². The number of likely N-dealkylation sites (N-methyl/N-ethyl adjacent to an activating group) is 1. The molecule has 1 aliphatic carbocycles. The predicted octanol–water partition coefficient (Wildman–Crippen LogP) is 2.15. The number of piperazine rings is 1. The zero-order valence-electron chi connectivity index (χ0n) is 16.4. The number of hydrogen-bond donors (Lipinski definition) is 2. The first-order chi connectivity index (χ1) is 11.6. The maximum absolute atomic E-state index is 4.42. The number of aliphatic imine (C=N–C) groups is 1. The summed E-state index contributed by atoms with van der Waals surface area (Å²) in [6, 6.07) is 0.550. The van der Waals surface area contributed by atoms with Crippen molar-refractivity contribution in [1.29, 1.82) is 0 Å². The van der Waals surface area contributed by atoms with E-state index in [9.17, 15) is 0 Å². The first-order valence-electron chi connectivity index (χ1n) is 10.0. The van der Waals surface area contributed by atoms with Crippen molar-refractivity contribution in [3.8, 4) is 0 Å². The highest BCUT2D eigenvalue weighted by atomic mass is 15.3. The lowest BCUT2D eigenvalue weighted by atomic mass is 9.83. The normalized spacial score (nSPS) is 24.1. The van der Waals surface area contributed by atoms with Crippen molar-refractivity contribution in [2.75, 3.05) is 52.9 Å². The molecule has 0 bridgehead atoms. The SMILES string of the molecule is CCN1CCN(C(C)CNC(=NC)NCC2(CC)CCCC2)CC1. The van der Waals surface area contributed by atoms with E-state index in [1.165, 1.54) is 64.8 Å². The second-order valence-electron chi connectivity index (χ2n) is 7.69. The van der Waals surface area contributed by atoms with Gasteiger partial charge in [-0.05, 0) is 38.1 Å². The molecule has 0 aromatic rings. The Bertz CT molecular complexity index is 381. The topological polar surface area (TPSA) is 42.9 Å². The van der Waals surface area contributed by atoms with E-state index in [4.69, 9.17) is 0 Å². The van der Waals surface area contributed by atoms with Gasteiger partial charge in [-0.25, -0.2) is 0 Å². The lowest BCUT2D eigenvalue weighted by molar-refractivity contribution is 0.107. The standard InChI is InChI=1S/C19H39N5/c1-5-19(9-7-8-10-19)16-22-18(20-4)21-15-17(3)24-13-11-23(6-2)12-14-24/h17H,5-16H2,1-4H3,(H2,20,21,22). The van der Waals surface area contributed by atoms with E-state index < -0.39 is 0 Å². The molecule has 1 heterocycles. The fourth-order valence-corrected chi connectivity index (χ4v) is 4.17. The van der Waals surface area contributed by atoms with E-state index in [1.54, 1.807) is 0 Å². The molecule has 5 nitrogen and oxygen atoms in total. The van der Waals surface area contributed by atoms with E-state index in [0.29, 0.717) is 11.5 Å². The van der Waals surface area contributed by atoms with Gasteiger partial charge in [0, 0.05) is 52.4 Å². The van der Waals surface area contributed by atoms with Crippen molar-refractivity contribution in [3.63, 3.8) is 0 Å². The van der Waals surface area contributed by atoms with Gasteiger partial charge in [-0.15, -0.1) is 0 Å². The molecular weight excluding hydrogens is 298 g/mol. The molecule has 0 amide bonds. The fourth-order valence-electron chi connectivity index (χ4n) is 4.17. The molecule has 5 heteroatoms. The highest BCUT2D eigenvalue weighted by molar-refractivity contribution is 5.79. The van der Waals surface area contributed by atoms with Crippen LogP contribution in [0.1, 0.15) is 52.9 Å². The Balaban J connectivity index is 1.71.